The van der Waals surface area contributed by atoms with Gasteiger partial charge in [0.15, 0.2) is 0 Å². The third-order valence-electron chi connectivity index (χ3n) is 5.63. The van der Waals surface area contributed by atoms with Gasteiger partial charge in [0, 0.05) is 6.54 Å². The third-order valence-corrected chi connectivity index (χ3v) is 7.09. The van der Waals surface area contributed by atoms with Gasteiger partial charge in [-0.1, -0.05) is 109 Å². The van der Waals surface area contributed by atoms with Crippen LogP contribution in [-0.2, 0) is 16.6 Å². The third kappa shape index (κ3) is 5.96. The predicted molar refractivity (Wildman–Crippen MR) is 133 cm³/mol. The SMILES string of the molecule is Cc1ccc(S(=O)(=O)N[C@H](c2ccccc2)[C@@H](NCc2ccccc2)c2ccccc2)cc1. The molecule has 0 aromatic heterocycles. The van der Waals surface area contributed by atoms with E-state index in [9.17, 15) is 8.42 Å². The Hall–Kier alpha value is -3.25. The highest BCUT2D eigenvalue weighted by atomic mass is 32.2. The summed E-state index contributed by atoms with van der Waals surface area (Å²) in [5.41, 5.74) is 4.04. The van der Waals surface area contributed by atoms with Crippen LogP contribution in [0.2, 0.25) is 0 Å². The maximum Gasteiger partial charge on any atom is 0.241 e. The standard InChI is InChI=1S/C28H28N2O2S/c1-22-17-19-26(20-18-22)33(31,32)30-28(25-15-9-4-10-16-25)27(24-13-7-3-8-14-24)29-21-23-11-5-2-6-12-23/h2-20,27-30H,21H2,1H3/t27-,28+/m0/s1. The van der Waals surface area contributed by atoms with Crippen molar-refractivity contribution < 1.29 is 8.42 Å². The fourth-order valence-electron chi connectivity index (χ4n) is 3.85. The van der Waals surface area contributed by atoms with E-state index in [1.807, 2.05) is 97.9 Å². The molecule has 5 heteroatoms. The van der Waals surface area contributed by atoms with Crippen molar-refractivity contribution in [2.75, 3.05) is 0 Å². The first kappa shape index (κ1) is 22.9. The molecule has 0 radical (unpaired) electrons. The highest BCUT2D eigenvalue weighted by molar-refractivity contribution is 7.89. The number of nitrogens with one attached hydrogen (secondary N) is 2. The van der Waals surface area contributed by atoms with E-state index >= 15 is 0 Å². The van der Waals surface area contributed by atoms with E-state index in [1.54, 1.807) is 12.1 Å². The van der Waals surface area contributed by atoms with E-state index in [1.165, 1.54) is 0 Å². The van der Waals surface area contributed by atoms with Crippen molar-refractivity contribution in [1.82, 2.24) is 10.0 Å². The number of sulfonamides is 1. The molecular formula is C28H28N2O2S. The van der Waals surface area contributed by atoms with E-state index in [0.29, 0.717) is 6.54 Å². The van der Waals surface area contributed by atoms with Gasteiger partial charge in [0.2, 0.25) is 10.0 Å². The van der Waals surface area contributed by atoms with Crippen LogP contribution >= 0.6 is 0 Å². The minimum atomic E-state index is -3.75. The number of rotatable bonds is 9. The van der Waals surface area contributed by atoms with Crippen molar-refractivity contribution in [3.05, 3.63) is 138 Å². The molecule has 0 aliphatic carbocycles. The minimum Gasteiger partial charge on any atom is -0.304 e. The summed E-state index contributed by atoms with van der Waals surface area (Å²) in [7, 11) is -3.75. The van der Waals surface area contributed by atoms with E-state index in [4.69, 9.17) is 0 Å². The van der Waals surface area contributed by atoms with Gasteiger partial charge in [-0.2, -0.15) is 0 Å². The number of hydrogen-bond donors (Lipinski definition) is 2. The Morgan fingerprint density at radius 1 is 0.636 bits per heavy atom. The summed E-state index contributed by atoms with van der Waals surface area (Å²) in [6.45, 7) is 2.55. The highest BCUT2D eigenvalue weighted by Crippen LogP contribution is 2.31. The van der Waals surface area contributed by atoms with Gasteiger partial charge in [0.05, 0.1) is 17.0 Å². The topological polar surface area (TPSA) is 58.2 Å². The molecular weight excluding hydrogens is 428 g/mol. The van der Waals surface area contributed by atoms with Crippen LogP contribution in [0, 0.1) is 6.92 Å². The maximum absolute atomic E-state index is 13.4. The molecule has 2 N–H and O–H groups in total. The first-order valence-electron chi connectivity index (χ1n) is 11.0. The average molecular weight is 457 g/mol. The molecule has 0 fully saturated rings. The van der Waals surface area contributed by atoms with Crippen molar-refractivity contribution in [3.8, 4) is 0 Å². The van der Waals surface area contributed by atoms with Gasteiger partial charge in [0.25, 0.3) is 0 Å². The number of aryl methyl sites for hydroxylation is 1. The van der Waals surface area contributed by atoms with E-state index < -0.39 is 16.1 Å². The lowest BCUT2D eigenvalue weighted by molar-refractivity contribution is 0.421. The van der Waals surface area contributed by atoms with Crippen molar-refractivity contribution in [1.29, 1.82) is 0 Å². The second-order valence-electron chi connectivity index (χ2n) is 8.08. The molecule has 0 unspecified atom stereocenters. The fourth-order valence-corrected chi connectivity index (χ4v) is 5.09. The zero-order valence-corrected chi connectivity index (χ0v) is 19.4. The van der Waals surface area contributed by atoms with E-state index in [-0.39, 0.29) is 10.9 Å². The lowest BCUT2D eigenvalue weighted by Gasteiger charge is -2.30. The minimum absolute atomic E-state index is 0.254. The van der Waals surface area contributed by atoms with Crippen LogP contribution in [0.5, 0.6) is 0 Å². The zero-order valence-electron chi connectivity index (χ0n) is 18.6. The summed E-state index contributed by atoms with van der Waals surface area (Å²) >= 11 is 0. The van der Waals surface area contributed by atoms with Crippen molar-refractivity contribution in [2.45, 2.75) is 30.4 Å². The van der Waals surface area contributed by atoms with Gasteiger partial charge in [-0.25, -0.2) is 13.1 Å². The Morgan fingerprint density at radius 3 is 1.67 bits per heavy atom. The van der Waals surface area contributed by atoms with Gasteiger partial charge in [-0.3, -0.25) is 0 Å². The smallest absolute Gasteiger partial charge is 0.241 e. The Morgan fingerprint density at radius 2 is 1.12 bits per heavy atom. The molecule has 168 valence electrons. The first-order valence-corrected chi connectivity index (χ1v) is 12.5. The van der Waals surface area contributed by atoms with Crippen LogP contribution < -0.4 is 10.0 Å². The number of benzene rings is 4. The van der Waals surface area contributed by atoms with Crippen LogP contribution in [-0.4, -0.2) is 8.42 Å². The molecule has 0 aliphatic heterocycles. The molecule has 0 aliphatic rings. The summed E-state index contributed by atoms with van der Waals surface area (Å²) < 4.78 is 29.8. The summed E-state index contributed by atoms with van der Waals surface area (Å²) in [5.74, 6) is 0. The Labute approximate surface area is 196 Å². The van der Waals surface area contributed by atoms with Gasteiger partial charge < -0.3 is 5.32 Å². The van der Waals surface area contributed by atoms with Crippen LogP contribution in [0.25, 0.3) is 0 Å². The first-order chi connectivity index (χ1) is 16.0. The summed E-state index contributed by atoms with van der Waals surface area (Å²) in [5, 5.41) is 3.61. The fraction of sp³-hybridized carbons (Fsp3) is 0.143. The monoisotopic (exact) mass is 456 g/mol. The zero-order chi connectivity index (χ0) is 23.1. The van der Waals surface area contributed by atoms with Gasteiger partial charge in [-0.05, 0) is 35.7 Å². The molecule has 4 aromatic carbocycles. The van der Waals surface area contributed by atoms with Crippen molar-refractivity contribution >= 4 is 10.0 Å². The number of hydrogen-bond acceptors (Lipinski definition) is 3. The molecule has 2 atom stereocenters. The van der Waals surface area contributed by atoms with E-state index in [2.05, 4.69) is 22.2 Å². The van der Waals surface area contributed by atoms with Crippen LogP contribution in [0.4, 0.5) is 0 Å². The second kappa shape index (κ2) is 10.6. The van der Waals surface area contributed by atoms with Gasteiger partial charge in [-0.15, -0.1) is 0 Å². The Balaban J connectivity index is 1.72. The molecule has 0 amide bonds. The summed E-state index contributed by atoms with van der Waals surface area (Å²) in [4.78, 5) is 0.254. The molecule has 4 rings (SSSR count). The molecule has 0 heterocycles. The van der Waals surface area contributed by atoms with Crippen LogP contribution in [0.3, 0.4) is 0 Å². The average Bonchev–Trinajstić information content (AvgIpc) is 2.85. The van der Waals surface area contributed by atoms with Crippen LogP contribution in [0.1, 0.15) is 34.3 Å². The maximum atomic E-state index is 13.4. The molecule has 33 heavy (non-hydrogen) atoms. The molecule has 4 aromatic rings. The normalized spacial score (nSPS) is 13.4. The molecule has 0 spiro atoms. The Kier molecular flexibility index (Phi) is 7.35. The lowest BCUT2D eigenvalue weighted by Crippen LogP contribution is -2.38. The molecule has 0 saturated heterocycles. The van der Waals surface area contributed by atoms with Gasteiger partial charge in [0.1, 0.15) is 0 Å². The summed E-state index contributed by atoms with van der Waals surface area (Å²) in [6.07, 6.45) is 0. The van der Waals surface area contributed by atoms with E-state index in [0.717, 1.165) is 22.3 Å². The van der Waals surface area contributed by atoms with Crippen molar-refractivity contribution in [2.24, 2.45) is 0 Å². The Bertz CT molecular complexity index is 1240. The van der Waals surface area contributed by atoms with Gasteiger partial charge >= 0.3 is 0 Å². The largest absolute Gasteiger partial charge is 0.304 e. The quantitative estimate of drug-likeness (QED) is 0.347. The molecule has 0 saturated carbocycles. The lowest BCUT2D eigenvalue weighted by atomic mass is 9.94. The second-order valence-corrected chi connectivity index (χ2v) is 9.79. The van der Waals surface area contributed by atoms with Crippen LogP contribution in [0.15, 0.2) is 120 Å². The highest BCUT2D eigenvalue weighted by Gasteiger charge is 2.29. The summed E-state index contributed by atoms with van der Waals surface area (Å²) in [6, 6.07) is 35.9. The molecule has 0 bridgehead atoms. The predicted octanol–water partition coefficient (Wildman–Crippen LogP) is 5.55. The van der Waals surface area contributed by atoms with Crippen molar-refractivity contribution in [3.63, 3.8) is 0 Å². The molecule has 4 nitrogen and oxygen atoms in total.